The highest BCUT2D eigenvalue weighted by Gasteiger charge is 2.07. The van der Waals surface area contributed by atoms with Gasteiger partial charge in [-0.3, -0.25) is 4.79 Å². The monoisotopic (exact) mass is 251 g/mol. The van der Waals surface area contributed by atoms with Gasteiger partial charge in [0.25, 0.3) is 0 Å². The zero-order valence-corrected chi connectivity index (χ0v) is 10.6. The molecule has 0 spiro atoms. The molecule has 0 aliphatic rings. The van der Waals surface area contributed by atoms with Crippen molar-refractivity contribution < 1.29 is 19.1 Å². The average molecular weight is 251 g/mol. The molecule has 0 saturated carbocycles. The minimum atomic E-state index is -0.378. The molecule has 5 nitrogen and oxygen atoms in total. The molecule has 5 heteroatoms. The average Bonchev–Trinajstić information content (AvgIpc) is 2.37. The zero-order chi connectivity index (χ0) is 13.4. The van der Waals surface area contributed by atoms with E-state index in [4.69, 9.17) is 9.47 Å². The van der Waals surface area contributed by atoms with Gasteiger partial charge >= 0.3 is 11.9 Å². The highest BCUT2D eigenvalue weighted by molar-refractivity contribution is 5.90. The van der Waals surface area contributed by atoms with Gasteiger partial charge in [0.2, 0.25) is 0 Å². The van der Waals surface area contributed by atoms with Crippen LogP contribution in [-0.4, -0.2) is 31.7 Å². The van der Waals surface area contributed by atoms with Crippen molar-refractivity contribution in [2.24, 2.45) is 0 Å². The SMILES string of the molecule is CCOC(=O)CNc1cccc(C(=O)OCC)c1. The van der Waals surface area contributed by atoms with E-state index in [1.807, 2.05) is 0 Å². The molecule has 0 saturated heterocycles. The lowest BCUT2D eigenvalue weighted by Gasteiger charge is -2.07. The van der Waals surface area contributed by atoms with Gasteiger partial charge in [-0.2, -0.15) is 0 Å². The lowest BCUT2D eigenvalue weighted by Crippen LogP contribution is -2.17. The quantitative estimate of drug-likeness (QED) is 0.781. The van der Waals surface area contributed by atoms with Crippen LogP contribution in [0.15, 0.2) is 24.3 Å². The summed E-state index contributed by atoms with van der Waals surface area (Å²) in [6.45, 7) is 4.25. The molecule has 0 aliphatic heterocycles. The maximum atomic E-state index is 11.5. The summed E-state index contributed by atoms with van der Waals surface area (Å²) in [7, 11) is 0. The Morgan fingerprint density at radius 2 is 1.89 bits per heavy atom. The van der Waals surface area contributed by atoms with Crippen LogP contribution in [-0.2, 0) is 14.3 Å². The Morgan fingerprint density at radius 3 is 2.56 bits per heavy atom. The normalized spacial score (nSPS) is 9.67. The predicted octanol–water partition coefficient (Wildman–Crippen LogP) is 1.84. The van der Waals surface area contributed by atoms with Crippen LogP contribution in [0.2, 0.25) is 0 Å². The van der Waals surface area contributed by atoms with Crippen LogP contribution in [0.25, 0.3) is 0 Å². The second-order valence-electron chi connectivity index (χ2n) is 3.46. The maximum absolute atomic E-state index is 11.5. The minimum absolute atomic E-state index is 0.0696. The lowest BCUT2D eigenvalue weighted by atomic mass is 10.2. The summed E-state index contributed by atoms with van der Waals surface area (Å²) in [5.74, 6) is -0.712. The van der Waals surface area contributed by atoms with Crippen LogP contribution < -0.4 is 5.32 Å². The Labute approximate surface area is 106 Å². The fraction of sp³-hybridized carbons (Fsp3) is 0.385. The van der Waals surface area contributed by atoms with E-state index >= 15 is 0 Å². The van der Waals surface area contributed by atoms with Crippen molar-refractivity contribution in [2.45, 2.75) is 13.8 Å². The molecule has 0 fully saturated rings. The molecule has 0 aliphatic carbocycles. The number of hydrogen-bond acceptors (Lipinski definition) is 5. The van der Waals surface area contributed by atoms with E-state index in [-0.39, 0.29) is 18.5 Å². The fourth-order valence-corrected chi connectivity index (χ4v) is 1.36. The van der Waals surface area contributed by atoms with Crippen molar-refractivity contribution in [2.75, 3.05) is 25.1 Å². The molecule has 0 atom stereocenters. The minimum Gasteiger partial charge on any atom is -0.465 e. The fourth-order valence-electron chi connectivity index (χ4n) is 1.36. The van der Waals surface area contributed by atoms with Gasteiger partial charge in [0.1, 0.15) is 6.54 Å². The van der Waals surface area contributed by atoms with E-state index in [9.17, 15) is 9.59 Å². The number of carbonyl (C=O) groups is 2. The van der Waals surface area contributed by atoms with Crippen molar-refractivity contribution in [3.8, 4) is 0 Å². The van der Waals surface area contributed by atoms with Crippen molar-refractivity contribution >= 4 is 17.6 Å². The molecule has 0 amide bonds. The van der Waals surface area contributed by atoms with Gasteiger partial charge in [0.15, 0.2) is 0 Å². The topological polar surface area (TPSA) is 64.6 Å². The van der Waals surface area contributed by atoms with E-state index in [0.717, 1.165) is 0 Å². The third kappa shape index (κ3) is 4.45. The molecule has 0 heterocycles. The largest absolute Gasteiger partial charge is 0.465 e. The summed E-state index contributed by atoms with van der Waals surface area (Å²) in [6, 6.07) is 6.78. The van der Waals surface area contributed by atoms with Gasteiger partial charge in [0.05, 0.1) is 18.8 Å². The van der Waals surface area contributed by atoms with Gasteiger partial charge in [-0.15, -0.1) is 0 Å². The molecule has 0 radical (unpaired) electrons. The molecule has 18 heavy (non-hydrogen) atoms. The van der Waals surface area contributed by atoms with E-state index in [1.165, 1.54) is 0 Å². The molecule has 1 N–H and O–H groups in total. The number of nitrogens with one attached hydrogen (secondary N) is 1. The molecule has 0 bridgehead atoms. The van der Waals surface area contributed by atoms with Crippen molar-refractivity contribution in [1.29, 1.82) is 0 Å². The van der Waals surface area contributed by atoms with Crippen LogP contribution in [0.3, 0.4) is 0 Å². The van der Waals surface area contributed by atoms with E-state index < -0.39 is 0 Å². The molecular weight excluding hydrogens is 234 g/mol. The first kappa shape index (κ1) is 14.0. The molecular formula is C13H17NO4. The highest BCUT2D eigenvalue weighted by atomic mass is 16.5. The Hall–Kier alpha value is -2.04. The van der Waals surface area contributed by atoms with Gasteiger partial charge in [-0.05, 0) is 32.0 Å². The summed E-state index contributed by atoms with van der Waals surface area (Å²) < 4.78 is 9.68. The number of benzene rings is 1. The molecule has 1 aromatic carbocycles. The number of rotatable bonds is 6. The Balaban J connectivity index is 2.59. The molecule has 1 aromatic rings. The van der Waals surface area contributed by atoms with Crippen LogP contribution in [0, 0.1) is 0 Å². The number of esters is 2. The Bertz CT molecular complexity index is 417. The van der Waals surface area contributed by atoms with Gasteiger partial charge < -0.3 is 14.8 Å². The van der Waals surface area contributed by atoms with Crippen LogP contribution >= 0.6 is 0 Å². The van der Waals surface area contributed by atoms with Crippen molar-refractivity contribution in [3.05, 3.63) is 29.8 Å². The number of anilines is 1. The molecule has 98 valence electrons. The van der Waals surface area contributed by atoms with Crippen molar-refractivity contribution in [3.63, 3.8) is 0 Å². The van der Waals surface area contributed by atoms with Crippen LogP contribution in [0.4, 0.5) is 5.69 Å². The van der Waals surface area contributed by atoms with Gasteiger partial charge in [-0.1, -0.05) is 6.07 Å². The number of carbonyl (C=O) groups excluding carboxylic acids is 2. The predicted molar refractivity (Wildman–Crippen MR) is 67.5 cm³/mol. The second-order valence-corrected chi connectivity index (χ2v) is 3.46. The first-order chi connectivity index (χ1) is 8.67. The zero-order valence-electron chi connectivity index (χ0n) is 10.6. The Kier molecular flexibility index (Phi) is 5.70. The van der Waals surface area contributed by atoms with Crippen LogP contribution in [0.1, 0.15) is 24.2 Å². The van der Waals surface area contributed by atoms with Crippen LogP contribution in [0.5, 0.6) is 0 Å². The summed E-state index contributed by atoms with van der Waals surface area (Å²) in [4.78, 5) is 22.7. The highest BCUT2D eigenvalue weighted by Crippen LogP contribution is 2.11. The number of ether oxygens (including phenoxy) is 2. The smallest absolute Gasteiger partial charge is 0.338 e. The standard InChI is InChI=1S/C13H17NO4/c1-3-17-12(15)9-14-11-7-5-6-10(8-11)13(16)18-4-2/h5-8,14H,3-4,9H2,1-2H3. The second kappa shape index (κ2) is 7.32. The molecule has 0 unspecified atom stereocenters. The van der Waals surface area contributed by atoms with E-state index in [0.29, 0.717) is 24.5 Å². The Morgan fingerprint density at radius 1 is 1.17 bits per heavy atom. The molecule has 0 aromatic heterocycles. The first-order valence-corrected chi connectivity index (χ1v) is 5.84. The van der Waals surface area contributed by atoms with E-state index in [1.54, 1.807) is 38.1 Å². The third-order valence-corrected chi connectivity index (χ3v) is 2.12. The maximum Gasteiger partial charge on any atom is 0.338 e. The summed E-state index contributed by atoms with van der Waals surface area (Å²) in [5.41, 5.74) is 1.12. The van der Waals surface area contributed by atoms with Gasteiger partial charge in [0, 0.05) is 5.69 Å². The van der Waals surface area contributed by atoms with Crippen molar-refractivity contribution in [1.82, 2.24) is 0 Å². The van der Waals surface area contributed by atoms with E-state index in [2.05, 4.69) is 5.32 Å². The molecule has 1 rings (SSSR count). The van der Waals surface area contributed by atoms with Gasteiger partial charge in [-0.25, -0.2) is 4.79 Å². The summed E-state index contributed by atoms with van der Waals surface area (Å²) in [5, 5.41) is 2.88. The summed E-state index contributed by atoms with van der Waals surface area (Å²) in [6.07, 6.45) is 0. The summed E-state index contributed by atoms with van der Waals surface area (Å²) >= 11 is 0. The third-order valence-electron chi connectivity index (χ3n) is 2.12. The first-order valence-electron chi connectivity index (χ1n) is 5.84. The number of hydrogen-bond donors (Lipinski definition) is 1. The lowest BCUT2D eigenvalue weighted by molar-refractivity contribution is -0.140.